The summed E-state index contributed by atoms with van der Waals surface area (Å²) in [6.45, 7) is 19.1. The molecule has 3 rings (SSSR count). The van der Waals surface area contributed by atoms with E-state index in [0.717, 1.165) is 77.5 Å². The standard InChI is InChI=1S/C40H62N6O/c1-7-12-36(41-6)27-42-21-23-46(24-22-43-28-37-14-9-10-20-44-37)29-34-18-16-33(17-19-34)26-45-38(30-47)25-35(8-2)40-32(5)13-11-15-39(40)31(3)4/h7-12,14-19,31-32,38,42-45,47H,13,20-30H2,1-6H3/b12-7-,35-8-,41-36?. The quantitative estimate of drug-likeness (QED) is 0.0876. The third-order valence-corrected chi connectivity index (χ3v) is 8.98. The Labute approximate surface area is 285 Å². The van der Waals surface area contributed by atoms with Gasteiger partial charge in [0.15, 0.2) is 0 Å². The van der Waals surface area contributed by atoms with Crippen molar-refractivity contribution in [3.05, 3.63) is 106 Å². The average molecular weight is 643 g/mol. The van der Waals surface area contributed by atoms with E-state index in [1.807, 2.05) is 20.0 Å². The van der Waals surface area contributed by atoms with Crippen molar-refractivity contribution in [1.29, 1.82) is 0 Å². The molecule has 258 valence electrons. The Hall–Kier alpha value is -3.07. The molecule has 1 aliphatic heterocycles. The van der Waals surface area contributed by atoms with Gasteiger partial charge in [0, 0.05) is 83.4 Å². The molecule has 0 bridgehead atoms. The van der Waals surface area contributed by atoms with Gasteiger partial charge in [-0.3, -0.25) is 9.89 Å². The second-order valence-corrected chi connectivity index (χ2v) is 13.0. The van der Waals surface area contributed by atoms with Gasteiger partial charge in [0.2, 0.25) is 0 Å². The monoisotopic (exact) mass is 642 g/mol. The number of nitrogens with zero attached hydrogens (tertiary/aromatic N) is 2. The average Bonchev–Trinajstić information content (AvgIpc) is 3.09. The number of hydrogen-bond donors (Lipinski definition) is 5. The molecule has 0 saturated carbocycles. The molecule has 47 heavy (non-hydrogen) atoms. The lowest BCUT2D eigenvalue weighted by Crippen LogP contribution is -2.38. The maximum Gasteiger partial charge on any atom is 0.0587 e. The van der Waals surface area contributed by atoms with Crippen LogP contribution in [-0.2, 0) is 13.1 Å². The molecule has 0 saturated heterocycles. The van der Waals surface area contributed by atoms with Gasteiger partial charge < -0.3 is 26.4 Å². The zero-order valence-corrected chi connectivity index (χ0v) is 30.0. The summed E-state index contributed by atoms with van der Waals surface area (Å²) in [5.41, 5.74) is 9.12. The summed E-state index contributed by atoms with van der Waals surface area (Å²) in [7, 11) is 1.85. The summed E-state index contributed by atoms with van der Waals surface area (Å²) in [5, 5.41) is 24.5. The van der Waals surface area contributed by atoms with E-state index in [2.05, 4.69) is 126 Å². The molecule has 7 nitrogen and oxygen atoms in total. The molecule has 1 aromatic carbocycles. The molecule has 0 radical (unpaired) electrons. The summed E-state index contributed by atoms with van der Waals surface area (Å²) >= 11 is 0. The minimum absolute atomic E-state index is 0.0112. The van der Waals surface area contributed by atoms with Crippen LogP contribution in [0.4, 0.5) is 0 Å². The van der Waals surface area contributed by atoms with Gasteiger partial charge in [-0.15, -0.1) is 0 Å². The van der Waals surface area contributed by atoms with Crippen LogP contribution in [0.15, 0.2) is 100 Å². The van der Waals surface area contributed by atoms with E-state index in [4.69, 9.17) is 0 Å². The molecule has 0 fully saturated rings. The van der Waals surface area contributed by atoms with E-state index >= 15 is 0 Å². The number of rotatable bonds is 21. The third-order valence-electron chi connectivity index (χ3n) is 8.98. The Bertz CT molecular complexity index is 1280. The zero-order chi connectivity index (χ0) is 33.9. The third kappa shape index (κ3) is 13.5. The highest BCUT2D eigenvalue weighted by Gasteiger charge is 2.23. The predicted octanol–water partition coefficient (Wildman–Crippen LogP) is 5.69. The van der Waals surface area contributed by atoms with Gasteiger partial charge in [0.05, 0.1) is 6.61 Å². The van der Waals surface area contributed by atoms with Gasteiger partial charge in [-0.25, -0.2) is 0 Å². The summed E-state index contributed by atoms with van der Waals surface area (Å²) in [4.78, 5) is 6.87. The minimum atomic E-state index is 0.0112. The van der Waals surface area contributed by atoms with Gasteiger partial charge in [0.1, 0.15) is 0 Å². The van der Waals surface area contributed by atoms with E-state index in [1.54, 1.807) is 0 Å². The Balaban J connectivity index is 1.55. The first-order valence-corrected chi connectivity index (χ1v) is 17.7. The summed E-state index contributed by atoms with van der Waals surface area (Å²) in [6.07, 6.45) is 19.3. The van der Waals surface area contributed by atoms with Gasteiger partial charge in [-0.1, -0.05) is 81.5 Å². The van der Waals surface area contributed by atoms with Crippen molar-refractivity contribution >= 4 is 5.71 Å². The first-order chi connectivity index (χ1) is 22.9. The van der Waals surface area contributed by atoms with Crippen LogP contribution in [0.3, 0.4) is 0 Å². The number of nitrogens with one attached hydrogen (secondary N) is 4. The largest absolute Gasteiger partial charge is 0.395 e. The smallest absolute Gasteiger partial charge is 0.0587 e. The van der Waals surface area contributed by atoms with Gasteiger partial charge in [0.25, 0.3) is 0 Å². The minimum Gasteiger partial charge on any atom is -0.395 e. The normalized spacial score (nSPS) is 18.1. The Morgan fingerprint density at radius 2 is 1.81 bits per heavy atom. The fourth-order valence-electron chi connectivity index (χ4n) is 6.24. The van der Waals surface area contributed by atoms with Crippen molar-refractivity contribution in [1.82, 2.24) is 26.2 Å². The Morgan fingerprint density at radius 1 is 1.06 bits per heavy atom. The fourth-order valence-corrected chi connectivity index (χ4v) is 6.24. The predicted molar refractivity (Wildman–Crippen MR) is 202 cm³/mol. The molecular weight excluding hydrogens is 580 g/mol. The van der Waals surface area contributed by atoms with Crippen LogP contribution in [0.5, 0.6) is 0 Å². The van der Waals surface area contributed by atoms with Crippen LogP contribution in [0.1, 0.15) is 58.6 Å². The number of dihydropyridines is 1. The molecule has 2 unspecified atom stereocenters. The number of aliphatic hydroxyl groups excluding tert-OH is 1. The van der Waals surface area contributed by atoms with Crippen molar-refractivity contribution in [3.8, 4) is 0 Å². The molecule has 0 spiro atoms. The van der Waals surface area contributed by atoms with Gasteiger partial charge in [-0.05, 0) is 78.5 Å². The lowest BCUT2D eigenvalue weighted by atomic mass is 9.78. The first-order valence-electron chi connectivity index (χ1n) is 17.7. The number of aliphatic imine (C=N–C) groups is 1. The van der Waals surface area contributed by atoms with Crippen LogP contribution in [0.2, 0.25) is 0 Å². The molecule has 1 heterocycles. The molecule has 5 N–H and O–H groups in total. The molecule has 7 heteroatoms. The van der Waals surface area contributed by atoms with Crippen LogP contribution in [-0.4, -0.2) is 81.2 Å². The highest BCUT2D eigenvalue weighted by Crippen LogP contribution is 2.36. The SMILES string of the molecule is C/C=C\C(CNCCN(CCNCC1=CC=CCN1)Cc1ccc(CNC(CO)C/C(=C/C)C2=C(C(C)C)C=CCC2C)cc1)=NC. The zero-order valence-electron chi connectivity index (χ0n) is 30.0. The topological polar surface area (TPSA) is 84.0 Å². The molecule has 2 atom stereocenters. The molecule has 1 aliphatic carbocycles. The first kappa shape index (κ1) is 38.4. The maximum atomic E-state index is 10.3. The second-order valence-electron chi connectivity index (χ2n) is 13.0. The second kappa shape index (κ2) is 21.7. The van der Waals surface area contributed by atoms with Crippen molar-refractivity contribution in [2.75, 3.05) is 59.5 Å². The Kier molecular flexibility index (Phi) is 17.7. The fraction of sp³-hybridized carbons (Fsp3) is 0.525. The molecule has 2 aliphatic rings. The highest BCUT2D eigenvalue weighted by molar-refractivity contribution is 5.96. The summed E-state index contributed by atoms with van der Waals surface area (Å²) in [5.74, 6) is 0.994. The van der Waals surface area contributed by atoms with Crippen LogP contribution < -0.4 is 21.3 Å². The summed E-state index contributed by atoms with van der Waals surface area (Å²) < 4.78 is 0. The number of benzene rings is 1. The molecular formula is C40H62N6O. The lowest BCUT2D eigenvalue weighted by molar-refractivity contribution is 0.240. The van der Waals surface area contributed by atoms with Crippen LogP contribution in [0, 0.1) is 11.8 Å². The van der Waals surface area contributed by atoms with Gasteiger partial charge >= 0.3 is 0 Å². The van der Waals surface area contributed by atoms with E-state index < -0.39 is 0 Å². The molecule has 0 aromatic heterocycles. The van der Waals surface area contributed by atoms with Crippen molar-refractivity contribution < 1.29 is 5.11 Å². The van der Waals surface area contributed by atoms with Crippen molar-refractivity contribution in [2.24, 2.45) is 16.8 Å². The van der Waals surface area contributed by atoms with E-state index in [1.165, 1.54) is 33.5 Å². The van der Waals surface area contributed by atoms with Crippen molar-refractivity contribution in [2.45, 2.75) is 66.6 Å². The molecule has 1 aromatic rings. The number of allylic oxidation sites excluding steroid dienone is 8. The van der Waals surface area contributed by atoms with Crippen LogP contribution >= 0.6 is 0 Å². The van der Waals surface area contributed by atoms with E-state index in [-0.39, 0.29) is 12.6 Å². The molecule has 0 amide bonds. The van der Waals surface area contributed by atoms with E-state index in [9.17, 15) is 5.11 Å². The van der Waals surface area contributed by atoms with Gasteiger partial charge in [-0.2, -0.15) is 0 Å². The highest BCUT2D eigenvalue weighted by atomic mass is 16.3. The van der Waals surface area contributed by atoms with Crippen LogP contribution in [0.25, 0.3) is 0 Å². The Morgan fingerprint density at radius 3 is 2.45 bits per heavy atom. The lowest BCUT2D eigenvalue weighted by Gasteiger charge is -2.29. The summed E-state index contributed by atoms with van der Waals surface area (Å²) in [6, 6.07) is 8.97. The van der Waals surface area contributed by atoms with E-state index in [0.29, 0.717) is 11.8 Å². The number of hydrogen-bond acceptors (Lipinski definition) is 7. The number of aliphatic hydroxyl groups is 1. The van der Waals surface area contributed by atoms with Crippen molar-refractivity contribution in [3.63, 3.8) is 0 Å². The maximum absolute atomic E-state index is 10.3.